The summed E-state index contributed by atoms with van der Waals surface area (Å²) in [5.41, 5.74) is 1.68. The topological polar surface area (TPSA) is 51.2 Å². The Labute approximate surface area is 163 Å². The largest absolute Gasteiger partial charge is 0.482 e. The summed E-state index contributed by atoms with van der Waals surface area (Å²) >= 11 is 19.1. The Bertz CT molecular complexity index is 897. The van der Waals surface area contributed by atoms with Gasteiger partial charge in [-0.25, -0.2) is 4.98 Å². The summed E-state index contributed by atoms with van der Waals surface area (Å²) in [7, 11) is 0. The Kier molecular flexibility index (Phi) is 5.81. The quantitative estimate of drug-likeness (QED) is 0.576. The molecule has 8 heteroatoms. The fourth-order valence-electron chi connectivity index (χ4n) is 1.97. The molecule has 3 aromatic rings. The van der Waals surface area contributed by atoms with Crippen LogP contribution in [0.5, 0.6) is 5.75 Å². The summed E-state index contributed by atoms with van der Waals surface area (Å²) in [6, 6.07) is 12.1. The molecule has 1 aromatic heterocycles. The molecule has 3 rings (SSSR count). The van der Waals surface area contributed by atoms with E-state index < -0.39 is 0 Å². The molecule has 128 valence electrons. The van der Waals surface area contributed by atoms with Crippen LogP contribution < -0.4 is 10.1 Å². The second kappa shape index (κ2) is 8.06. The molecule has 0 aliphatic carbocycles. The summed E-state index contributed by atoms with van der Waals surface area (Å²) in [5, 5.41) is 6.55. The predicted molar refractivity (Wildman–Crippen MR) is 103 cm³/mol. The molecule has 4 nitrogen and oxygen atoms in total. The number of carbonyl (C=O) groups is 1. The van der Waals surface area contributed by atoms with Crippen molar-refractivity contribution in [1.29, 1.82) is 0 Å². The SMILES string of the molecule is O=C(COc1cc(Cl)ccc1Cl)Nc1nc(-c2ccc(Cl)cc2)cs1. The molecule has 0 atom stereocenters. The lowest BCUT2D eigenvalue weighted by Gasteiger charge is -2.07. The van der Waals surface area contributed by atoms with Gasteiger partial charge in [0.05, 0.1) is 10.7 Å². The number of hydrogen-bond acceptors (Lipinski definition) is 4. The molecule has 1 amide bonds. The van der Waals surface area contributed by atoms with Crippen molar-refractivity contribution in [2.24, 2.45) is 0 Å². The number of anilines is 1. The minimum atomic E-state index is -0.340. The van der Waals surface area contributed by atoms with Crippen molar-refractivity contribution in [1.82, 2.24) is 4.98 Å². The van der Waals surface area contributed by atoms with E-state index in [1.165, 1.54) is 11.3 Å². The van der Waals surface area contributed by atoms with Gasteiger partial charge in [0.1, 0.15) is 5.75 Å². The van der Waals surface area contributed by atoms with E-state index in [9.17, 15) is 4.79 Å². The second-order valence-electron chi connectivity index (χ2n) is 4.96. The second-order valence-corrected chi connectivity index (χ2v) is 7.09. The van der Waals surface area contributed by atoms with Crippen LogP contribution in [-0.4, -0.2) is 17.5 Å². The Morgan fingerprint density at radius 3 is 2.56 bits per heavy atom. The number of ether oxygens (including phenoxy) is 1. The number of thiazole rings is 1. The van der Waals surface area contributed by atoms with E-state index in [1.54, 1.807) is 30.3 Å². The Balaban J connectivity index is 1.60. The van der Waals surface area contributed by atoms with Gasteiger partial charge in [-0.05, 0) is 24.3 Å². The average Bonchev–Trinajstić information content (AvgIpc) is 3.05. The first-order valence-electron chi connectivity index (χ1n) is 7.10. The number of carbonyl (C=O) groups excluding carboxylic acids is 1. The summed E-state index contributed by atoms with van der Waals surface area (Å²) < 4.78 is 5.39. The molecule has 0 unspecified atom stereocenters. The van der Waals surface area contributed by atoms with Gasteiger partial charge in [-0.15, -0.1) is 11.3 Å². The molecule has 0 radical (unpaired) electrons. The molecule has 0 bridgehead atoms. The minimum Gasteiger partial charge on any atom is -0.482 e. The highest BCUT2D eigenvalue weighted by molar-refractivity contribution is 7.14. The zero-order chi connectivity index (χ0) is 17.8. The van der Waals surface area contributed by atoms with Crippen molar-refractivity contribution in [2.45, 2.75) is 0 Å². The van der Waals surface area contributed by atoms with E-state index in [4.69, 9.17) is 39.5 Å². The first-order chi connectivity index (χ1) is 12.0. The van der Waals surface area contributed by atoms with E-state index in [0.717, 1.165) is 11.3 Å². The number of benzene rings is 2. The Hall–Kier alpha value is -1.79. The third-order valence-electron chi connectivity index (χ3n) is 3.14. The van der Waals surface area contributed by atoms with Gasteiger partial charge in [0.15, 0.2) is 11.7 Å². The first-order valence-corrected chi connectivity index (χ1v) is 9.12. The summed E-state index contributed by atoms with van der Waals surface area (Å²) in [6.45, 7) is -0.198. The van der Waals surface area contributed by atoms with E-state index in [0.29, 0.717) is 25.9 Å². The maximum atomic E-state index is 12.0. The predicted octanol–water partition coefficient (Wildman–Crippen LogP) is 5.79. The molecular formula is C17H11Cl3N2O2S. The molecule has 0 saturated heterocycles. The molecule has 2 aromatic carbocycles. The van der Waals surface area contributed by atoms with Crippen molar-refractivity contribution >= 4 is 57.2 Å². The number of hydrogen-bond donors (Lipinski definition) is 1. The standard InChI is InChI=1S/C17H11Cl3N2O2S/c18-11-3-1-10(2-4-11)14-9-25-17(21-14)22-16(23)8-24-15-7-12(19)5-6-13(15)20/h1-7,9H,8H2,(H,21,22,23). The fourth-order valence-corrected chi connectivity index (χ4v) is 3.17. The highest BCUT2D eigenvalue weighted by Crippen LogP contribution is 2.28. The molecule has 0 fully saturated rings. The van der Waals surface area contributed by atoms with E-state index in [1.807, 2.05) is 17.5 Å². The normalized spacial score (nSPS) is 10.5. The van der Waals surface area contributed by atoms with Gasteiger partial charge in [0, 0.05) is 27.1 Å². The zero-order valence-electron chi connectivity index (χ0n) is 12.6. The highest BCUT2D eigenvalue weighted by Gasteiger charge is 2.10. The van der Waals surface area contributed by atoms with Crippen LogP contribution in [0.2, 0.25) is 15.1 Å². The van der Waals surface area contributed by atoms with Gasteiger partial charge in [-0.1, -0.05) is 46.9 Å². The third kappa shape index (κ3) is 4.86. The van der Waals surface area contributed by atoms with E-state index >= 15 is 0 Å². The van der Waals surface area contributed by atoms with Gasteiger partial charge in [-0.3, -0.25) is 10.1 Å². The number of rotatable bonds is 5. The lowest BCUT2D eigenvalue weighted by molar-refractivity contribution is -0.118. The smallest absolute Gasteiger partial charge is 0.264 e. The van der Waals surface area contributed by atoms with E-state index in [2.05, 4.69) is 10.3 Å². The summed E-state index contributed by atoms with van der Waals surface area (Å²) in [6.07, 6.45) is 0. The van der Waals surface area contributed by atoms with Crippen LogP contribution >= 0.6 is 46.1 Å². The first kappa shape index (κ1) is 18.0. The summed E-state index contributed by atoms with van der Waals surface area (Å²) in [5.74, 6) is 0.0124. The van der Waals surface area contributed by atoms with Crippen molar-refractivity contribution in [2.75, 3.05) is 11.9 Å². The zero-order valence-corrected chi connectivity index (χ0v) is 15.7. The van der Waals surface area contributed by atoms with Gasteiger partial charge in [0.2, 0.25) is 0 Å². The number of aromatic nitrogens is 1. The van der Waals surface area contributed by atoms with Crippen molar-refractivity contribution in [3.05, 3.63) is 62.9 Å². The Morgan fingerprint density at radius 1 is 1.08 bits per heavy atom. The van der Waals surface area contributed by atoms with Gasteiger partial charge in [-0.2, -0.15) is 0 Å². The van der Waals surface area contributed by atoms with Crippen LogP contribution in [-0.2, 0) is 4.79 Å². The average molecular weight is 414 g/mol. The monoisotopic (exact) mass is 412 g/mol. The lowest BCUT2D eigenvalue weighted by Crippen LogP contribution is -2.20. The van der Waals surface area contributed by atoms with Crippen LogP contribution in [0, 0.1) is 0 Å². The molecule has 25 heavy (non-hydrogen) atoms. The van der Waals surface area contributed by atoms with Crippen molar-refractivity contribution in [3.8, 4) is 17.0 Å². The van der Waals surface area contributed by atoms with Crippen LogP contribution in [0.1, 0.15) is 0 Å². The Morgan fingerprint density at radius 2 is 1.80 bits per heavy atom. The maximum Gasteiger partial charge on any atom is 0.264 e. The molecule has 0 aliphatic heterocycles. The van der Waals surface area contributed by atoms with Gasteiger partial charge >= 0.3 is 0 Å². The van der Waals surface area contributed by atoms with Crippen LogP contribution in [0.3, 0.4) is 0 Å². The fraction of sp³-hybridized carbons (Fsp3) is 0.0588. The number of amides is 1. The maximum absolute atomic E-state index is 12.0. The van der Waals surface area contributed by atoms with Crippen LogP contribution in [0.15, 0.2) is 47.8 Å². The number of halogens is 3. The molecule has 0 spiro atoms. The number of nitrogens with one attached hydrogen (secondary N) is 1. The number of nitrogens with zero attached hydrogens (tertiary/aromatic N) is 1. The summed E-state index contributed by atoms with van der Waals surface area (Å²) in [4.78, 5) is 16.4. The van der Waals surface area contributed by atoms with Crippen LogP contribution in [0.25, 0.3) is 11.3 Å². The van der Waals surface area contributed by atoms with Crippen molar-refractivity contribution in [3.63, 3.8) is 0 Å². The van der Waals surface area contributed by atoms with Gasteiger partial charge in [0.25, 0.3) is 5.91 Å². The molecule has 0 aliphatic rings. The van der Waals surface area contributed by atoms with Gasteiger partial charge < -0.3 is 4.74 Å². The highest BCUT2D eigenvalue weighted by atomic mass is 35.5. The van der Waals surface area contributed by atoms with Crippen LogP contribution in [0.4, 0.5) is 5.13 Å². The molecule has 1 N–H and O–H groups in total. The molecule has 1 heterocycles. The molecule has 0 saturated carbocycles. The third-order valence-corrected chi connectivity index (χ3v) is 4.70. The van der Waals surface area contributed by atoms with Crippen molar-refractivity contribution < 1.29 is 9.53 Å². The lowest BCUT2D eigenvalue weighted by atomic mass is 10.2. The molecular weight excluding hydrogens is 403 g/mol. The van der Waals surface area contributed by atoms with E-state index in [-0.39, 0.29) is 12.5 Å². The minimum absolute atomic E-state index is 0.198.